The van der Waals surface area contributed by atoms with Crippen LogP contribution in [0.4, 0.5) is 22.2 Å². The number of ether oxygens (including phenoxy) is 2. The van der Waals surface area contributed by atoms with E-state index in [0.29, 0.717) is 36.3 Å². The molecule has 2 amide bonds. The Hall–Kier alpha value is -3.75. The molecule has 178 valence electrons. The lowest BCUT2D eigenvalue weighted by molar-refractivity contribution is 0.171. The van der Waals surface area contributed by atoms with Crippen molar-refractivity contribution in [1.82, 2.24) is 15.3 Å². The van der Waals surface area contributed by atoms with Gasteiger partial charge < -0.3 is 30.3 Å². The zero-order valence-electron chi connectivity index (χ0n) is 19.5. The molecule has 3 N–H and O–H groups in total. The van der Waals surface area contributed by atoms with Gasteiger partial charge in [-0.1, -0.05) is 12.1 Å². The Morgan fingerprint density at radius 2 is 1.68 bits per heavy atom. The molecule has 0 unspecified atom stereocenters. The van der Waals surface area contributed by atoms with Crippen LogP contribution in [0.1, 0.15) is 25.7 Å². The second-order valence-electron chi connectivity index (χ2n) is 8.93. The third-order valence-electron chi connectivity index (χ3n) is 6.20. The fourth-order valence-corrected chi connectivity index (χ4v) is 4.50. The SMILES string of the molecule is CN(C)c1nc(N[C@H]2CC[C@@H](NC(=O)Nc3ccc4c(c3)OCCO4)CC2)nc2ccccc12. The van der Waals surface area contributed by atoms with Gasteiger partial charge in [0.05, 0.1) is 5.52 Å². The van der Waals surface area contributed by atoms with Crippen molar-refractivity contribution >= 4 is 34.4 Å². The van der Waals surface area contributed by atoms with Gasteiger partial charge in [0.15, 0.2) is 11.5 Å². The summed E-state index contributed by atoms with van der Waals surface area (Å²) in [5.41, 5.74) is 1.61. The minimum atomic E-state index is -0.207. The summed E-state index contributed by atoms with van der Waals surface area (Å²) in [6.45, 7) is 1.06. The summed E-state index contributed by atoms with van der Waals surface area (Å²) in [7, 11) is 3.98. The maximum Gasteiger partial charge on any atom is 0.319 e. The number of urea groups is 1. The number of aromatic nitrogens is 2. The lowest BCUT2D eigenvalue weighted by Gasteiger charge is -2.30. The first-order chi connectivity index (χ1) is 16.5. The molecular weight excluding hydrogens is 432 g/mol. The molecule has 0 radical (unpaired) electrons. The van der Waals surface area contributed by atoms with Crippen molar-refractivity contribution in [3.63, 3.8) is 0 Å². The van der Waals surface area contributed by atoms with Crippen LogP contribution in [0.15, 0.2) is 42.5 Å². The molecule has 1 aliphatic carbocycles. The number of carbonyl (C=O) groups is 1. The minimum absolute atomic E-state index is 0.130. The molecule has 1 fully saturated rings. The second-order valence-corrected chi connectivity index (χ2v) is 8.93. The van der Waals surface area contributed by atoms with E-state index in [1.807, 2.05) is 55.4 Å². The molecule has 2 heterocycles. The Morgan fingerprint density at radius 1 is 0.941 bits per heavy atom. The van der Waals surface area contributed by atoms with Crippen molar-refractivity contribution in [3.05, 3.63) is 42.5 Å². The van der Waals surface area contributed by atoms with Gasteiger partial charge in [0.2, 0.25) is 5.95 Å². The Kier molecular flexibility index (Phi) is 6.24. The first kappa shape index (κ1) is 22.1. The fraction of sp³-hybridized carbons (Fsp3) is 0.400. The van der Waals surface area contributed by atoms with Crippen LogP contribution in [0.2, 0.25) is 0 Å². The number of nitrogens with one attached hydrogen (secondary N) is 3. The van der Waals surface area contributed by atoms with Gasteiger partial charge in [0, 0.05) is 43.3 Å². The zero-order chi connectivity index (χ0) is 23.5. The van der Waals surface area contributed by atoms with Crippen molar-refractivity contribution in [2.75, 3.05) is 42.8 Å². The maximum atomic E-state index is 12.5. The molecular formula is C25H30N6O3. The highest BCUT2D eigenvalue weighted by Crippen LogP contribution is 2.32. The molecule has 1 saturated carbocycles. The molecule has 0 bridgehead atoms. The van der Waals surface area contributed by atoms with Gasteiger partial charge in [-0.25, -0.2) is 9.78 Å². The summed E-state index contributed by atoms with van der Waals surface area (Å²) in [5.74, 6) is 2.91. The summed E-state index contributed by atoms with van der Waals surface area (Å²) < 4.78 is 11.1. The Morgan fingerprint density at radius 3 is 2.47 bits per heavy atom. The molecule has 5 rings (SSSR count). The second kappa shape index (κ2) is 9.62. The van der Waals surface area contributed by atoms with E-state index in [9.17, 15) is 4.79 Å². The molecule has 0 atom stereocenters. The van der Waals surface area contributed by atoms with Crippen molar-refractivity contribution in [2.24, 2.45) is 0 Å². The number of nitrogens with zero attached hydrogens (tertiary/aromatic N) is 3. The van der Waals surface area contributed by atoms with E-state index in [2.05, 4.69) is 16.0 Å². The monoisotopic (exact) mass is 462 g/mol. The third kappa shape index (κ3) is 4.93. The Bertz CT molecular complexity index is 1180. The number of amides is 2. The molecule has 2 aliphatic rings. The largest absolute Gasteiger partial charge is 0.486 e. The fourth-order valence-electron chi connectivity index (χ4n) is 4.50. The van der Waals surface area contributed by atoms with E-state index in [-0.39, 0.29) is 18.1 Å². The molecule has 2 aromatic carbocycles. The molecule has 1 aromatic heterocycles. The van der Waals surface area contributed by atoms with E-state index >= 15 is 0 Å². The van der Waals surface area contributed by atoms with Gasteiger partial charge in [-0.15, -0.1) is 0 Å². The number of rotatable bonds is 5. The summed E-state index contributed by atoms with van der Waals surface area (Å²) in [5, 5.41) is 10.5. The maximum absolute atomic E-state index is 12.5. The van der Waals surface area contributed by atoms with Crippen molar-refractivity contribution in [3.8, 4) is 11.5 Å². The quantitative estimate of drug-likeness (QED) is 0.527. The van der Waals surface area contributed by atoms with Crippen molar-refractivity contribution < 1.29 is 14.3 Å². The number of para-hydroxylation sites is 1. The van der Waals surface area contributed by atoms with Crippen molar-refractivity contribution in [2.45, 2.75) is 37.8 Å². The number of hydrogen-bond acceptors (Lipinski definition) is 7. The molecule has 9 heteroatoms. The number of fused-ring (bicyclic) bond motifs is 2. The number of carbonyl (C=O) groups excluding carboxylic acids is 1. The Labute approximate surface area is 198 Å². The summed E-state index contributed by atoms with van der Waals surface area (Å²) in [6, 6.07) is 13.7. The summed E-state index contributed by atoms with van der Waals surface area (Å²) in [4.78, 5) is 24.0. The van der Waals surface area contributed by atoms with Gasteiger partial charge in [0.25, 0.3) is 0 Å². The van der Waals surface area contributed by atoms with Crippen LogP contribution in [0.25, 0.3) is 10.9 Å². The van der Waals surface area contributed by atoms with Crippen LogP contribution >= 0.6 is 0 Å². The highest BCUT2D eigenvalue weighted by Gasteiger charge is 2.24. The molecule has 3 aromatic rings. The van der Waals surface area contributed by atoms with E-state index in [0.717, 1.165) is 42.4 Å². The summed E-state index contributed by atoms with van der Waals surface area (Å²) in [6.07, 6.45) is 3.64. The van der Waals surface area contributed by atoms with Crippen LogP contribution in [-0.4, -0.2) is 55.4 Å². The smallest absolute Gasteiger partial charge is 0.319 e. The van der Waals surface area contributed by atoms with E-state index < -0.39 is 0 Å². The first-order valence-electron chi connectivity index (χ1n) is 11.7. The van der Waals surface area contributed by atoms with Crippen LogP contribution in [0.3, 0.4) is 0 Å². The van der Waals surface area contributed by atoms with Gasteiger partial charge >= 0.3 is 6.03 Å². The van der Waals surface area contributed by atoms with E-state index in [1.165, 1.54) is 0 Å². The van der Waals surface area contributed by atoms with Crippen LogP contribution < -0.4 is 30.3 Å². The van der Waals surface area contributed by atoms with Crippen LogP contribution in [0, 0.1) is 0 Å². The van der Waals surface area contributed by atoms with Gasteiger partial charge in [0.1, 0.15) is 19.0 Å². The predicted octanol–water partition coefficient (Wildman–Crippen LogP) is 4.01. The number of anilines is 3. The molecule has 1 aliphatic heterocycles. The molecule has 0 spiro atoms. The average Bonchev–Trinajstić information content (AvgIpc) is 2.84. The molecule has 34 heavy (non-hydrogen) atoms. The normalized spacial score (nSPS) is 19.4. The zero-order valence-corrected chi connectivity index (χ0v) is 19.5. The minimum Gasteiger partial charge on any atom is -0.486 e. The van der Waals surface area contributed by atoms with Gasteiger partial charge in [-0.2, -0.15) is 4.98 Å². The lowest BCUT2D eigenvalue weighted by atomic mass is 9.91. The Balaban J connectivity index is 1.14. The van der Waals surface area contributed by atoms with Crippen LogP contribution in [0.5, 0.6) is 11.5 Å². The molecule has 0 saturated heterocycles. The predicted molar refractivity (Wildman–Crippen MR) is 133 cm³/mol. The van der Waals surface area contributed by atoms with Gasteiger partial charge in [-0.3, -0.25) is 0 Å². The van der Waals surface area contributed by atoms with Gasteiger partial charge in [-0.05, 0) is 49.9 Å². The topological polar surface area (TPSA) is 101 Å². The highest BCUT2D eigenvalue weighted by molar-refractivity contribution is 5.90. The number of hydrogen-bond donors (Lipinski definition) is 3. The number of benzene rings is 2. The lowest BCUT2D eigenvalue weighted by Crippen LogP contribution is -2.42. The molecule has 9 nitrogen and oxygen atoms in total. The van der Waals surface area contributed by atoms with E-state index in [4.69, 9.17) is 19.4 Å². The standard InChI is InChI=1S/C25H30N6O3/c1-31(2)23-19-5-3-4-6-20(19)29-24(30-23)26-16-7-9-17(10-8-16)27-25(32)28-18-11-12-21-22(15-18)34-14-13-33-21/h3-6,11-12,15-17H,7-10,13-14H2,1-2H3,(H,26,29,30)(H2,27,28,32)/t16-,17+. The van der Waals surface area contributed by atoms with Crippen molar-refractivity contribution in [1.29, 1.82) is 0 Å². The van der Waals surface area contributed by atoms with Crippen LogP contribution in [-0.2, 0) is 0 Å². The first-order valence-corrected chi connectivity index (χ1v) is 11.7. The van der Waals surface area contributed by atoms with E-state index in [1.54, 1.807) is 6.07 Å². The summed E-state index contributed by atoms with van der Waals surface area (Å²) >= 11 is 0. The average molecular weight is 463 g/mol. The highest BCUT2D eigenvalue weighted by atomic mass is 16.6. The third-order valence-corrected chi connectivity index (χ3v) is 6.20.